The lowest BCUT2D eigenvalue weighted by Gasteiger charge is -2.28. The summed E-state index contributed by atoms with van der Waals surface area (Å²) in [6.45, 7) is 6.61. The van der Waals surface area contributed by atoms with Crippen LogP contribution in [0.15, 0.2) is 0 Å². The lowest BCUT2D eigenvalue weighted by Crippen LogP contribution is -2.49. The number of hydrogen-bond acceptors (Lipinski definition) is 4. The molecule has 0 saturated carbocycles. The third-order valence-electron chi connectivity index (χ3n) is 3.64. The van der Waals surface area contributed by atoms with Crippen LogP contribution in [0, 0.1) is 0 Å². The van der Waals surface area contributed by atoms with Crippen molar-refractivity contribution in [2.45, 2.75) is 25.8 Å². The Labute approximate surface area is 109 Å². The van der Waals surface area contributed by atoms with Crippen molar-refractivity contribution in [1.82, 2.24) is 13.9 Å². The molecule has 2 heterocycles. The maximum absolute atomic E-state index is 12.0. The lowest BCUT2D eigenvalue weighted by molar-refractivity contribution is 0.0724. The summed E-state index contributed by atoms with van der Waals surface area (Å²) in [5, 5.41) is 0. The summed E-state index contributed by atoms with van der Waals surface area (Å²) in [6, 6.07) is 0.267. The van der Waals surface area contributed by atoms with E-state index >= 15 is 0 Å². The van der Waals surface area contributed by atoms with Crippen LogP contribution in [0.2, 0.25) is 0 Å². The predicted octanol–water partition coefficient (Wildman–Crippen LogP) is -0.363. The van der Waals surface area contributed by atoms with E-state index in [0.717, 1.165) is 13.1 Å². The summed E-state index contributed by atoms with van der Waals surface area (Å²) in [6.07, 6.45) is 2.45. The van der Waals surface area contributed by atoms with Gasteiger partial charge in [0.1, 0.15) is 0 Å². The van der Waals surface area contributed by atoms with E-state index in [2.05, 4.69) is 16.5 Å². The van der Waals surface area contributed by atoms with Crippen LogP contribution in [0.3, 0.4) is 0 Å². The molecule has 2 fully saturated rings. The van der Waals surface area contributed by atoms with E-state index in [1.165, 1.54) is 17.1 Å². The van der Waals surface area contributed by atoms with Gasteiger partial charge in [-0.25, -0.2) is 4.72 Å². The van der Waals surface area contributed by atoms with Crippen molar-refractivity contribution in [2.75, 3.05) is 45.9 Å². The Balaban J connectivity index is 1.80. The number of hydrogen-bond donors (Lipinski definition) is 1. The third-order valence-corrected chi connectivity index (χ3v) is 5.21. The lowest BCUT2D eigenvalue weighted by atomic mass is 10.3. The molecule has 0 spiro atoms. The van der Waals surface area contributed by atoms with Gasteiger partial charge in [-0.05, 0) is 32.9 Å². The fraction of sp³-hybridized carbons (Fsp3) is 1.00. The molecule has 7 heteroatoms. The first-order valence-electron chi connectivity index (χ1n) is 6.66. The maximum Gasteiger partial charge on any atom is 0.279 e. The molecule has 0 bridgehead atoms. The molecule has 2 rings (SSSR count). The summed E-state index contributed by atoms with van der Waals surface area (Å²) in [5.41, 5.74) is 0. The van der Waals surface area contributed by atoms with Crippen molar-refractivity contribution in [1.29, 1.82) is 0 Å². The molecule has 0 aromatic rings. The van der Waals surface area contributed by atoms with E-state index in [0.29, 0.717) is 32.8 Å². The van der Waals surface area contributed by atoms with Crippen molar-refractivity contribution in [3.8, 4) is 0 Å². The van der Waals surface area contributed by atoms with Crippen molar-refractivity contribution >= 4 is 10.2 Å². The van der Waals surface area contributed by atoms with Crippen molar-refractivity contribution in [3.05, 3.63) is 0 Å². The molecule has 1 N–H and O–H groups in total. The molecule has 2 saturated heterocycles. The quantitative estimate of drug-likeness (QED) is 0.745. The highest BCUT2D eigenvalue weighted by Crippen LogP contribution is 2.11. The number of ether oxygens (including phenoxy) is 1. The summed E-state index contributed by atoms with van der Waals surface area (Å²) in [7, 11) is -3.33. The molecule has 0 aromatic carbocycles. The van der Waals surface area contributed by atoms with Gasteiger partial charge in [0, 0.05) is 25.7 Å². The van der Waals surface area contributed by atoms with Gasteiger partial charge in [-0.2, -0.15) is 12.7 Å². The summed E-state index contributed by atoms with van der Waals surface area (Å²) < 4.78 is 33.4. The average molecular weight is 277 g/mol. The second-order valence-electron chi connectivity index (χ2n) is 4.96. The molecular formula is C11H23N3O3S. The van der Waals surface area contributed by atoms with Crippen LogP contribution < -0.4 is 4.72 Å². The van der Waals surface area contributed by atoms with Gasteiger partial charge < -0.3 is 4.74 Å². The number of nitrogens with one attached hydrogen (secondary N) is 1. The zero-order valence-corrected chi connectivity index (χ0v) is 11.8. The van der Waals surface area contributed by atoms with Crippen LogP contribution in [-0.2, 0) is 14.9 Å². The zero-order chi connectivity index (χ0) is 13.0. The molecule has 0 aliphatic carbocycles. The smallest absolute Gasteiger partial charge is 0.279 e. The maximum atomic E-state index is 12.0. The summed E-state index contributed by atoms with van der Waals surface area (Å²) >= 11 is 0. The predicted molar refractivity (Wildman–Crippen MR) is 69.6 cm³/mol. The minimum atomic E-state index is -3.33. The van der Waals surface area contributed by atoms with Gasteiger partial charge >= 0.3 is 0 Å². The molecule has 0 aromatic heterocycles. The standard InChI is InChI=1S/C11H23N3O3S/c1-11(13-4-2-3-5-13)10-12-18(15,16)14-6-8-17-9-7-14/h11-12H,2-10H2,1H3/t11-/m0/s1. The van der Waals surface area contributed by atoms with E-state index in [4.69, 9.17) is 4.74 Å². The first-order chi connectivity index (χ1) is 8.59. The van der Waals surface area contributed by atoms with Gasteiger partial charge in [-0.1, -0.05) is 0 Å². The third kappa shape index (κ3) is 3.64. The summed E-state index contributed by atoms with van der Waals surface area (Å²) in [4.78, 5) is 2.34. The Bertz CT molecular complexity index is 349. The highest BCUT2D eigenvalue weighted by Gasteiger charge is 2.25. The van der Waals surface area contributed by atoms with Crippen LogP contribution in [0.5, 0.6) is 0 Å². The molecule has 18 heavy (non-hydrogen) atoms. The first kappa shape index (κ1) is 14.2. The molecule has 0 unspecified atom stereocenters. The monoisotopic (exact) mass is 277 g/mol. The van der Waals surface area contributed by atoms with E-state index in [1.807, 2.05) is 0 Å². The van der Waals surface area contributed by atoms with E-state index in [9.17, 15) is 8.42 Å². The molecule has 0 radical (unpaired) electrons. The fourth-order valence-corrected chi connectivity index (χ4v) is 3.68. The Hall–Kier alpha value is -0.210. The van der Waals surface area contributed by atoms with Gasteiger partial charge in [-0.15, -0.1) is 0 Å². The van der Waals surface area contributed by atoms with Crippen LogP contribution in [-0.4, -0.2) is 69.6 Å². The Morgan fingerprint density at radius 1 is 1.17 bits per heavy atom. The van der Waals surface area contributed by atoms with Crippen LogP contribution in [0.4, 0.5) is 0 Å². The first-order valence-corrected chi connectivity index (χ1v) is 8.10. The van der Waals surface area contributed by atoms with E-state index < -0.39 is 10.2 Å². The minimum Gasteiger partial charge on any atom is -0.379 e. The number of morpholine rings is 1. The van der Waals surface area contributed by atoms with E-state index in [1.54, 1.807) is 0 Å². The normalized spacial score (nSPS) is 25.4. The number of nitrogens with zero attached hydrogens (tertiary/aromatic N) is 2. The largest absolute Gasteiger partial charge is 0.379 e. The Kier molecular flexibility index (Phi) is 4.97. The van der Waals surface area contributed by atoms with Gasteiger partial charge in [0.25, 0.3) is 10.2 Å². The second-order valence-corrected chi connectivity index (χ2v) is 6.71. The van der Waals surface area contributed by atoms with Crippen LogP contribution >= 0.6 is 0 Å². The fourth-order valence-electron chi connectivity index (χ4n) is 2.42. The van der Waals surface area contributed by atoms with Crippen molar-refractivity contribution < 1.29 is 13.2 Å². The molecule has 0 amide bonds. The topological polar surface area (TPSA) is 61.9 Å². The number of likely N-dealkylation sites (tertiary alicyclic amines) is 1. The Morgan fingerprint density at radius 3 is 2.39 bits per heavy atom. The molecule has 106 valence electrons. The van der Waals surface area contributed by atoms with Gasteiger partial charge in [-0.3, -0.25) is 4.90 Å². The SMILES string of the molecule is C[C@@H](CNS(=O)(=O)N1CCOCC1)N1CCCC1. The number of rotatable bonds is 5. The minimum absolute atomic E-state index is 0.267. The molecular weight excluding hydrogens is 254 g/mol. The molecule has 2 aliphatic heterocycles. The van der Waals surface area contributed by atoms with Gasteiger partial charge in [0.2, 0.25) is 0 Å². The van der Waals surface area contributed by atoms with Crippen LogP contribution in [0.25, 0.3) is 0 Å². The highest BCUT2D eigenvalue weighted by molar-refractivity contribution is 7.87. The second kappa shape index (κ2) is 6.29. The molecule has 2 aliphatic rings. The van der Waals surface area contributed by atoms with Crippen molar-refractivity contribution in [2.24, 2.45) is 0 Å². The highest BCUT2D eigenvalue weighted by atomic mass is 32.2. The van der Waals surface area contributed by atoms with Crippen LogP contribution in [0.1, 0.15) is 19.8 Å². The van der Waals surface area contributed by atoms with Gasteiger partial charge in [0.15, 0.2) is 0 Å². The Morgan fingerprint density at radius 2 is 1.78 bits per heavy atom. The van der Waals surface area contributed by atoms with E-state index in [-0.39, 0.29) is 6.04 Å². The van der Waals surface area contributed by atoms with Gasteiger partial charge in [0.05, 0.1) is 13.2 Å². The van der Waals surface area contributed by atoms with Crippen molar-refractivity contribution in [3.63, 3.8) is 0 Å². The zero-order valence-electron chi connectivity index (χ0n) is 11.0. The average Bonchev–Trinajstić information content (AvgIpc) is 2.91. The summed E-state index contributed by atoms with van der Waals surface area (Å²) in [5.74, 6) is 0. The molecule has 6 nitrogen and oxygen atoms in total. The molecule has 1 atom stereocenters.